The van der Waals surface area contributed by atoms with E-state index in [4.69, 9.17) is 4.74 Å². The zero-order valence-electron chi connectivity index (χ0n) is 7.45. The van der Waals surface area contributed by atoms with Gasteiger partial charge >= 0.3 is 5.97 Å². The molecule has 1 heterocycles. The topological polar surface area (TPSA) is 46.5 Å². The third kappa shape index (κ3) is 2.48. The van der Waals surface area contributed by atoms with Gasteiger partial charge < -0.3 is 9.84 Å². The highest BCUT2D eigenvalue weighted by atomic mass is 16.6. The van der Waals surface area contributed by atoms with E-state index in [2.05, 4.69) is 0 Å². The van der Waals surface area contributed by atoms with Crippen molar-refractivity contribution in [1.82, 2.24) is 0 Å². The van der Waals surface area contributed by atoms with Crippen molar-refractivity contribution in [3.8, 4) is 0 Å². The van der Waals surface area contributed by atoms with Crippen LogP contribution in [0.3, 0.4) is 0 Å². The Labute approximate surface area is 72.7 Å². The second-order valence-corrected chi connectivity index (χ2v) is 3.28. The van der Waals surface area contributed by atoms with Crippen LogP contribution >= 0.6 is 0 Å². The quantitative estimate of drug-likeness (QED) is 0.651. The zero-order valence-corrected chi connectivity index (χ0v) is 7.45. The third-order valence-electron chi connectivity index (χ3n) is 2.17. The Bertz CT molecular complexity index is 156. The average molecular weight is 172 g/mol. The van der Waals surface area contributed by atoms with E-state index in [0.717, 1.165) is 25.7 Å². The Balaban J connectivity index is 2.34. The van der Waals surface area contributed by atoms with Gasteiger partial charge in [-0.25, -0.2) is 0 Å². The maximum atomic E-state index is 10.8. The summed E-state index contributed by atoms with van der Waals surface area (Å²) in [6, 6.07) is 0. The SMILES string of the molecule is CCC[C@@H](O)[C@@H]1CCCC(=O)O1. The number of hydrogen-bond acceptors (Lipinski definition) is 3. The van der Waals surface area contributed by atoms with Crippen LogP contribution in [0, 0.1) is 0 Å². The summed E-state index contributed by atoms with van der Waals surface area (Å²) < 4.78 is 5.01. The lowest BCUT2D eigenvalue weighted by Gasteiger charge is -2.26. The lowest BCUT2D eigenvalue weighted by molar-refractivity contribution is -0.161. The van der Waals surface area contributed by atoms with E-state index in [1.807, 2.05) is 6.92 Å². The van der Waals surface area contributed by atoms with Crippen LogP contribution in [0.4, 0.5) is 0 Å². The van der Waals surface area contributed by atoms with E-state index in [9.17, 15) is 9.90 Å². The number of rotatable bonds is 3. The largest absolute Gasteiger partial charge is 0.460 e. The van der Waals surface area contributed by atoms with Crippen LogP contribution in [0.1, 0.15) is 39.0 Å². The molecular weight excluding hydrogens is 156 g/mol. The first-order chi connectivity index (χ1) is 5.74. The minimum Gasteiger partial charge on any atom is -0.460 e. The van der Waals surface area contributed by atoms with E-state index in [1.165, 1.54) is 0 Å². The fourth-order valence-corrected chi connectivity index (χ4v) is 1.49. The van der Waals surface area contributed by atoms with E-state index >= 15 is 0 Å². The molecule has 3 heteroatoms. The first kappa shape index (κ1) is 9.52. The molecule has 1 aliphatic rings. The van der Waals surface area contributed by atoms with E-state index in [1.54, 1.807) is 0 Å². The second-order valence-electron chi connectivity index (χ2n) is 3.28. The summed E-state index contributed by atoms with van der Waals surface area (Å²) >= 11 is 0. The normalized spacial score (nSPS) is 26.5. The van der Waals surface area contributed by atoms with Crippen LogP contribution in [0.15, 0.2) is 0 Å². The van der Waals surface area contributed by atoms with Crippen molar-refractivity contribution in [2.24, 2.45) is 0 Å². The summed E-state index contributed by atoms with van der Waals surface area (Å²) in [5, 5.41) is 9.51. The first-order valence-electron chi connectivity index (χ1n) is 4.61. The Hall–Kier alpha value is -0.570. The van der Waals surface area contributed by atoms with Crippen LogP contribution in [0.25, 0.3) is 0 Å². The second kappa shape index (κ2) is 4.45. The van der Waals surface area contributed by atoms with Crippen molar-refractivity contribution < 1.29 is 14.6 Å². The molecule has 0 aromatic rings. The summed E-state index contributed by atoms with van der Waals surface area (Å²) in [5.41, 5.74) is 0. The van der Waals surface area contributed by atoms with Crippen molar-refractivity contribution in [2.75, 3.05) is 0 Å². The Morgan fingerprint density at radius 3 is 3.08 bits per heavy atom. The molecule has 1 rings (SSSR count). The van der Waals surface area contributed by atoms with E-state index in [-0.39, 0.29) is 12.1 Å². The van der Waals surface area contributed by atoms with Crippen LogP contribution in [0.2, 0.25) is 0 Å². The minimum absolute atomic E-state index is 0.165. The van der Waals surface area contributed by atoms with Gasteiger partial charge in [-0.15, -0.1) is 0 Å². The molecule has 1 saturated heterocycles. The Morgan fingerprint density at radius 2 is 2.50 bits per heavy atom. The number of aliphatic hydroxyl groups excluding tert-OH is 1. The zero-order chi connectivity index (χ0) is 8.97. The van der Waals surface area contributed by atoms with Gasteiger partial charge in [-0.2, -0.15) is 0 Å². The van der Waals surface area contributed by atoms with Gasteiger partial charge in [-0.05, 0) is 19.3 Å². The monoisotopic (exact) mass is 172 g/mol. The molecule has 0 unspecified atom stereocenters. The molecule has 0 aromatic heterocycles. The van der Waals surface area contributed by atoms with Gasteiger partial charge in [-0.1, -0.05) is 13.3 Å². The number of ether oxygens (including phenoxy) is 1. The van der Waals surface area contributed by atoms with E-state index < -0.39 is 6.10 Å². The van der Waals surface area contributed by atoms with Gasteiger partial charge in [0.25, 0.3) is 0 Å². The molecule has 1 aliphatic heterocycles. The van der Waals surface area contributed by atoms with Crippen LogP contribution in [0.5, 0.6) is 0 Å². The number of aliphatic hydroxyl groups is 1. The molecule has 0 saturated carbocycles. The fraction of sp³-hybridized carbons (Fsp3) is 0.889. The lowest BCUT2D eigenvalue weighted by Crippen LogP contribution is -2.34. The van der Waals surface area contributed by atoms with Crippen molar-refractivity contribution >= 4 is 5.97 Å². The maximum Gasteiger partial charge on any atom is 0.306 e. The standard InChI is InChI=1S/C9H16O3/c1-2-4-7(10)8-5-3-6-9(11)12-8/h7-8,10H,2-6H2,1H3/t7-,8+/m1/s1. The molecule has 0 spiro atoms. The predicted octanol–water partition coefficient (Wildman–Crippen LogP) is 1.24. The van der Waals surface area contributed by atoms with Crippen LogP contribution < -0.4 is 0 Å². The van der Waals surface area contributed by atoms with Gasteiger partial charge in [0.1, 0.15) is 6.10 Å². The number of carbonyl (C=O) groups is 1. The highest BCUT2D eigenvalue weighted by molar-refractivity contribution is 5.70. The number of carbonyl (C=O) groups excluding carboxylic acids is 1. The summed E-state index contributed by atoms with van der Waals surface area (Å²) in [4.78, 5) is 10.8. The Morgan fingerprint density at radius 1 is 1.75 bits per heavy atom. The van der Waals surface area contributed by atoms with E-state index in [0.29, 0.717) is 6.42 Å². The first-order valence-corrected chi connectivity index (χ1v) is 4.61. The summed E-state index contributed by atoms with van der Waals surface area (Å²) in [6.07, 6.45) is 3.12. The highest BCUT2D eigenvalue weighted by Crippen LogP contribution is 2.19. The van der Waals surface area contributed by atoms with Crippen LogP contribution in [-0.4, -0.2) is 23.3 Å². The molecule has 70 valence electrons. The molecule has 0 amide bonds. The van der Waals surface area contributed by atoms with Crippen molar-refractivity contribution in [3.63, 3.8) is 0 Å². The molecule has 0 radical (unpaired) electrons. The molecule has 12 heavy (non-hydrogen) atoms. The maximum absolute atomic E-state index is 10.8. The third-order valence-corrected chi connectivity index (χ3v) is 2.17. The van der Waals surface area contributed by atoms with Crippen molar-refractivity contribution in [3.05, 3.63) is 0 Å². The molecule has 2 atom stereocenters. The van der Waals surface area contributed by atoms with Gasteiger partial charge in [0.05, 0.1) is 6.10 Å². The summed E-state index contributed by atoms with van der Waals surface area (Å²) in [7, 11) is 0. The number of hydrogen-bond donors (Lipinski definition) is 1. The Kier molecular flexibility index (Phi) is 3.53. The van der Waals surface area contributed by atoms with Gasteiger partial charge in [0.2, 0.25) is 0 Å². The molecule has 0 bridgehead atoms. The fourth-order valence-electron chi connectivity index (χ4n) is 1.49. The molecular formula is C9H16O3. The summed E-state index contributed by atoms with van der Waals surface area (Å²) in [5.74, 6) is -0.165. The highest BCUT2D eigenvalue weighted by Gasteiger charge is 2.26. The lowest BCUT2D eigenvalue weighted by atomic mass is 10.0. The van der Waals surface area contributed by atoms with Gasteiger partial charge in [-0.3, -0.25) is 4.79 Å². The molecule has 0 aliphatic carbocycles. The number of esters is 1. The number of cyclic esters (lactones) is 1. The predicted molar refractivity (Wildman–Crippen MR) is 44.6 cm³/mol. The molecule has 1 N–H and O–H groups in total. The molecule has 1 fully saturated rings. The minimum atomic E-state index is -0.459. The summed E-state index contributed by atoms with van der Waals surface area (Å²) in [6.45, 7) is 2.01. The smallest absolute Gasteiger partial charge is 0.306 e. The van der Waals surface area contributed by atoms with Gasteiger partial charge in [0, 0.05) is 6.42 Å². The van der Waals surface area contributed by atoms with Crippen molar-refractivity contribution in [2.45, 2.75) is 51.2 Å². The van der Waals surface area contributed by atoms with Crippen molar-refractivity contribution in [1.29, 1.82) is 0 Å². The van der Waals surface area contributed by atoms with Gasteiger partial charge in [0.15, 0.2) is 0 Å². The van der Waals surface area contributed by atoms with Crippen LogP contribution in [-0.2, 0) is 9.53 Å². The average Bonchev–Trinajstić information content (AvgIpc) is 2.05. The molecule has 0 aromatic carbocycles. The molecule has 3 nitrogen and oxygen atoms in total.